The highest BCUT2D eigenvalue weighted by Crippen LogP contribution is 2.24. The molecule has 1 aromatic heterocycles. The normalized spacial score (nSPS) is 10.9. The Bertz CT molecular complexity index is 999. The maximum atomic E-state index is 12.3. The van der Waals surface area contributed by atoms with Crippen molar-refractivity contribution >= 4 is 0 Å². The molecular weight excluding hydrogens is 308 g/mol. The molecule has 0 aliphatic carbocycles. The van der Waals surface area contributed by atoms with Crippen molar-refractivity contribution in [1.82, 2.24) is 9.78 Å². The fourth-order valence-corrected chi connectivity index (χ4v) is 3.07. The van der Waals surface area contributed by atoms with Crippen LogP contribution in [0.3, 0.4) is 0 Å². The lowest BCUT2D eigenvalue weighted by Gasteiger charge is -2.13. The molecule has 3 nitrogen and oxygen atoms in total. The Morgan fingerprint density at radius 2 is 1.52 bits per heavy atom. The average molecular weight is 332 g/mol. The second kappa shape index (κ2) is 6.67. The minimum absolute atomic E-state index is 0.0776. The number of benzene rings is 2. The van der Waals surface area contributed by atoms with E-state index in [2.05, 4.69) is 70.0 Å². The summed E-state index contributed by atoms with van der Waals surface area (Å²) in [6.07, 6.45) is 0. The average Bonchev–Trinajstić information content (AvgIpc) is 2.56. The summed E-state index contributed by atoms with van der Waals surface area (Å²) < 4.78 is 1.56. The minimum atomic E-state index is -0.0776. The first-order valence-corrected chi connectivity index (χ1v) is 8.57. The molecule has 3 rings (SSSR count). The molecule has 0 spiro atoms. The molecule has 0 aliphatic rings. The van der Waals surface area contributed by atoms with Crippen LogP contribution in [-0.4, -0.2) is 9.78 Å². The lowest BCUT2D eigenvalue weighted by molar-refractivity contribution is 0.640. The van der Waals surface area contributed by atoms with Crippen LogP contribution in [0.2, 0.25) is 0 Å². The van der Waals surface area contributed by atoms with Gasteiger partial charge in [-0.15, -0.1) is 0 Å². The summed E-state index contributed by atoms with van der Waals surface area (Å²) >= 11 is 0. The predicted molar refractivity (Wildman–Crippen MR) is 103 cm³/mol. The molecule has 0 unspecified atom stereocenters. The Hall–Kier alpha value is -2.68. The lowest BCUT2D eigenvalue weighted by Crippen LogP contribution is -2.23. The Labute approximate surface area is 149 Å². The van der Waals surface area contributed by atoms with Crippen LogP contribution in [0.15, 0.2) is 47.3 Å². The van der Waals surface area contributed by atoms with Gasteiger partial charge in [-0.25, -0.2) is 4.68 Å². The highest BCUT2D eigenvalue weighted by molar-refractivity contribution is 5.64. The van der Waals surface area contributed by atoms with Gasteiger partial charge in [0.15, 0.2) is 0 Å². The summed E-state index contributed by atoms with van der Waals surface area (Å²) in [6, 6.07) is 14.1. The van der Waals surface area contributed by atoms with Crippen LogP contribution in [0.25, 0.3) is 11.3 Å². The Morgan fingerprint density at radius 3 is 2.28 bits per heavy atom. The molecule has 0 aliphatic heterocycles. The summed E-state index contributed by atoms with van der Waals surface area (Å²) in [5.41, 5.74) is 9.01. The van der Waals surface area contributed by atoms with E-state index in [1.807, 2.05) is 6.07 Å². The van der Waals surface area contributed by atoms with E-state index in [9.17, 15) is 4.79 Å². The van der Waals surface area contributed by atoms with Gasteiger partial charge in [0.1, 0.15) is 0 Å². The first-order chi connectivity index (χ1) is 11.8. The van der Waals surface area contributed by atoms with Gasteiger partial charge in [0.25, 0.3) is 5.56 Å². The molecule has 0 fully saturated rings. The van der Waals surface area contributed by atoms with Crippen molar-refractivity contribution in [2.75, 3.05) is 0 Å². The van der Waals surface area contributed by atoms with Crippen molar-refractivity contribution in [3.63, 3.8) is 0 Å². The minimum Gasteiger partial charge on any atom is -0.268 e. The highest BCUT2D eigenvalue weighted by atomic mass is 16.1. The van der Waals surface area contributed by atoms with Crippen molar-refractivity contribution in [1.29, 1.82) is 0 Å². The zero-order valence-corrected chi connectivity index (χ0v) is 15.6. The number of aromatic nitrogens is 2. The topological polar surface area (TPSA) is 34.9 Å². The molecule has 0 atom stereocenters. The quantitative estimate of drug-likeness (QED) is 0.708. The molecule has 0 saturated carbocycles. The fourth-order valence-electron chi connectivity index (χ4n) is 3.07. The van der Waals surface area contributed by atoms with E-state index in [1.54, 1.807) is 10.7 Å². The molecule has 2 aromatic carbocycles. The second-order valence-corrected chi connectivity index (χ2v) is 6.90. The zero-order chi connectivity index (χ0) is 18.1. The van der Waals surface area contributed by atoms with Crippen LogP contribution in [-0.2, 0) is 6.54 Å². The van der Waals surface area contributed by atoms with E-state index >= 15 is 0 Å². The van der Waals surface area contributed by atoms with E-state index in [0.29, 0.717) is 6.54 Å². The predicted octanol–water partition coefficient (Wildman–Crippen LogP) is 4.50. The first-order valence-electron chi connectivity index (χ1n) is 8.57. The molecule has 0 amide bonds. The second-order valence-electron chi connectivity index (χ2n) is 6.90. The van der Waals surface area contributed by atoms with Gasteiger partial charge >= 0.3 is 0 Å². The fraction of sp³-hybridized carbons (Fsp3) is 0.273. The summed E-state index contributed by atoms with van der Waals surface area (Å²) in [4.78, 5) is 12.3. The molecule has 3 aromatic rings. The van der Waals surface area contributed by atoms with Crippen molar-refractivity contribution < 1.29 is 0 Å². The summed E-state index contributed by atoms with van der Waals surface area (Å²) in [5.74, 6) is 0. The molecule has 1 heterocycles. The van der Waals surface area contributed by atoms with Crippen LogP contribution >= 0.6 is 0 Å². The summed E-state index contributed by atoms with van der Waals surface area (Å²) in [5, 5.41) is 4.64. The van der Waals surface area contributed by atoms with Gasteiger partial charge in [0, 0.05) is 11.6 Å². The third kappa shape index (κ3) is 3.55. The zero-order valence-electron chi connectivity index (χ0n) is 15.6. The number of nitrogens with zero attached hydrogens (tertiary/aromatic N) is 2. The molecule has 3 heteroatoms. The Morgan fingerprint density at radius 1 is 0.800 bits per heavy atom. The lowest BCUT2D eigenvalue weighted by atomic mass is 9.99. The molecule has 25 heavy (non-hydrogen) atoms. The van der Waals surface area contributed by atoms with Crippen LogP contribution < -0.4 is 5.56 Å². The molecule has 128 valence electrons. The largest absolute Gasteiger partial charge is 0.268 e. The van der Waals surface area contributed by atoms with Gasteiger partial charge in [-0.1, -0.05) is 29.8 Å². The monoisotopic (exact) mass is 332 g/mol. The molecule has 0 saturated heterocycles. The van der Waals surface area contributed by atoms with Gasteiger partial charge in [0.05, 0.1) is 12.2 Å². The number of hydrogen-bond acceptors (Lipinski definition) is 2. The van der Waals surface area contributed by atoms with Crippen LogP contribution in [0.4, 0.5) is 0 Å². The van der Waals surface area contributed by atoms with E-state index in [-0.39, 0.29) is 5.56 Å². The maximum absolute atomic E-state index is 12.3. The Kier molecular flexibility index (Phi) is 4.58. The summed E-state index contributed by atoms with van der Waals surface area (Å²) in [6.45, 7) is 10.9. The molecule has 0 N–H and O–H groups in total. The number of aryl methyl sites for hydroxylation is 5. The van der Waals surface area contributed by atoms with Crippen LogP contribution in [0, 0.1) is 34.6 Å². The SMILES string of the molecule is Cc1ccc(C)c(Cn2nc(-c3cc(C)c(C)cc3C)ccc2=O)c1. The molecule has 0 bridgehead atoms. The number of rotatable bonds is 3. The van der Waals surface area contributed by atoms with Crippen molar-refractivity contribution in [2.24, 2.45) is 0 Å². The highest BCUT2D eigenvalue weighted by Gasteiger charge is 2.09. The van der Waals surface area contributed by atoms with Gasteiger partial charge in [-0.2, -0.15) is 5.10 Å². The van der Waals surface area contributed by atoms with Crippen molar-refractivity contribution in [3.05, 3.63) is 86.2 Å². The van der Waals surface area contributed by atoms with E-state index in [1.165, 1.54) is 27.8 Å². The maximum Gasteiger partial charge on any atom is 0.267 e. The van der Waals surface area contributed by atoms with Crippen molar-refractivity contribution in [3.8, 4) is 11.3 Å². The van der Waals surface area contributed by atoms with Crippen LogP contribution in [0.5, 0.6) is 0 Å². The van der Waals surface area contributed by atoms with Gasteiger partial charge < -0.3 is 0 Å². The van der Waals surface area contributed by atoms with Gasteiger partial charge in [-0.3, -0.25) is 4.79 Å². The van der Waals surface area contributed by atoms with E-state index in [0.717, 1.165) is 16.8 Å². The van der Waals surface area contributed by atoms with Crippen molar-refractivity contribution in [2.45, 2.75) is 41.2 Å². The molecule has 0 radical (unpaired) electrons. The Balaban J connectivity index is 2.06. The number of hydrogen-bond donors (Lipinski definition) is 0. The van der Waals surface area contributed by atoms with E-state index in [4.69, 9.17) is 0 Å². The van der Waals surface area contributed by atoms with Gasteiger partial charge in [0.2, 0.25) is 0 Å². The standard InChI is InChI=1S/C22H24N2O/c1-14-6-7-15(2)19(10-14)13-24-22(25)9-8-21(23-24)20-12-17(4)16(3)11-18(20)5/h6-12H,13H2,1-5H3. The van der Waals surface area contributed by atoms with Crippen LogP contribution in [0.1, 0.15) is 33.4 Å². The van der Waals surface area contributed by atoms with E-state index < -0.39 is 0 Å². The molecular formula is C22H24N2O. The smallest absolute Gasteiger partial charge is 0.267 e. The third-order valence-electron chi connectivity index (χ3n) is 4.81. The first kappa shape index (κ1) is 17.2. The third-order valence-corrected chi connectivity index (χ3v) is 4.81. The summed E-state index contributed by atoms with van der Waals surface area (Å²) in [7, 11) is 0. The van der Waals surface area contributed by atoms with Gasteiger partial charge in [-0.05, 0) is 74.6 Å².